The first kappa shape index (κ1) is 20.4. The largest absolute Gasteiger partial charge is 0.494 e. The highest BCUT2D eigenvalue weighted by molar-refractivity contribution is 7.92. The van der Waals surface area contributed by atoms with Crippen LogP contribution in [0.15, 0.2) is 53.6 Å². The van der Waals surface area contributed by atoms with Crippen molar-refractivity contribution in [3.05, 3.63) is 59.9 Å². The number of halogens is 1. The van der Waals surface area contributed by atoms with E-state index >= 15 is 0 Å². The molecule has 2 aromatic rings. The van der Waals surface area contributed by atoms with Gasteiger partial charge in [0.25, 0.3) is 5.91 Å². The van der Waals surface area contributed by atoms with Gasteiger partial charge in [-0.05, 0) is 48.9 Å². The summed E-state index contributed by atoms with van der Waals surface area (Å²) in [5.41, 5.74) is 2.75. The minimum absolute atomic E-state index is 0.203. The second-order valence-electron chi connectivity index (χ2n) is 5.52. The molecule has 0 aromatic heterocycles. The van der Waals surface area contributed by atoms with Crippen LogP contribution < -0.4 is 14.5 Å². The number of amides is 1. The first-order valence-corrected chi connectivity index (χ1v) is 9.93. The number of hydrogen-bond donors (Lipinski definition) is 1. The van der Waals surface area contributed by atoms with E-state index in [0.29, 0.717) is 22.2 Å². The van der Waals surface area contributed by atoms with Crippen molar-refractivity contribution >= 4 is 27.8 Å². The third-order valence-corrected chi connectivity index (χ3v) is 4.53. The first-order valence-electron chi connectivity index (χ1n) is 8.08. The predicted molar refractivity (Wildman–Crippen MR) is 102 cm³/mol. The molecule has 0 aliphatic carbocycles. The molecule has 1 amide bonds. The molecule has 0 saturated heterocycles. The van der Waals surface area contributed by atoms with E-state index < -0.39 is 28.3 Å². The Morgan fingerprint density at radius 1 is 1.22 bits per heavy atom. The van der Waals surface area contributed by atoms with Crippen LogP contribution in [0.5, 0.6) is 5.75 Å². The number of para-hydroxylation sites is 1. The number of rotatable bonds is 8. The molecule has 7 nitrogen and oxygen atoms in total. The molecule has 1 N–H and O–H groups in total. The summed E-state index contributed by atoms with van der Waals surface area (Å²) in [6, 6.07) is 12.3. The van der Waals surface area contributed by atoms with E-state index in [1.54, 1.807) is 24.3 Å². The van der Waals surface area contributed by atoms with Gasteiger partial charge in [-0.25, -0.2) is 18.2 Å². The van der Waals surface area contributed by atoms with Crippen molar-refractivity contribution in [2.24, 2.45) is 5.10 Å². The fraction of sp³-hybridized carbons (Fsp3) is 0.222. The van der Waals surface area contributed by atoms with Crippen molar-refractivity contribution in [1.82, 2.24) is 5.43 Å². The van der Waals surface area contributed by atoms with Gasteiger partial charge in [0, 0.05) is 0 Å². The maximum absolute atomic E-state index is 13.9. The van der Waals surface area contributed by atoms with Gasteiger partial charge in [0.15, 0.2) is 0 Å². The number of sulfonamides is 1. The van der Waals surface area contributed by atoms with Crippen molar-refractivity contribution in [3.63, 3.8) is 0 Å². The molecule has 27 heavy (non-hydrogen) atoms. The summed E-state index contributed by atoms with van der Waals surface area (Å²) in [5, 5.41) is 3.79. The number of anilines is 1. The zero-order valence-electron chi connectivity index (χ0n) is 14.9. The lowest BCUT2D eigenvalue weighted by Gasteiger charge is -2.21. The van der Waals surface area contributed by atoms with Crippen LogP contribution in [0.4, 0.5) is 10.1 Å². The molecule has 0 unspecified atom stereocenters. The summed E-state index contributed by atoms with van der Waals surface area (Å²) in [6.45, 7) is 1.84. The van der Waals surface area contributed by atoms with Crippen LogP contribution in [0.2, 0.25) is 0 Å². The standard InChI is InChI=1S/C18H20FN3O4S/c1-3-26-15-10-8-14(9-11-15)12-20-21-18(23)13-22(27(2,24)25)17-7-5-4-6-16(17)19/h4-12H,3,13H2,1-2H3,(H,21,23)/b20-12-. The van der Waals surface area contributed by atoms with E-state index in [0.717, 1.165) is 12.3 Å². The molecule has 0 fully saturated rings. The third-order valence-electron chi connectivity index (χ3n) is 3.40. The molecular formula is C18H20FN3O4S. The number of carbonyl (C=O) groups excluding carboxylic acids is 1. The lowest BCUT2D eigenvalue weighted by molar-refractivity contribution is -0.119. The summed E-state index contributed by atoms with van der Waals surface area (Å²) >= 11 is 0. The second-order valence-corrected chi connectivity index (χ2v) is 7.42. The fourth-order valence-electron chi connectivity index (χ4n) is 2.20. The Morgan fingerprint density at radius 2 is 1.89 bits per heavy atom. The van der Waals surface area contributed by atoms with E-state index in [-0.39, 0.29) is 5.69 Å². The van der Waals surface area contributed by atoms with Crippen LogP contribution in [-0.2, 0) is 14.8 Å². The minimum atomic E-state index is -3.86. The van der Waals surface area contributed by atoms with Crippen molar-refractivity contribution in [3.8, 4) is 5.75 Å². The van der Waals surface area contributed by atoms with Gasteiger partial charge in [-0.1, -0.05) is 12.1 Å². The Balaban J connectivity index is 2.03. The number of nitrogens with zero attached hydrogens (tertiary/aromatic N) is 2. The Hall–Kier alpha value is -2.94. The third kappa shape index (κ3) is 6.07. The maximum atomic E-state index is 13.9. The highest BCUT2D eigenvalue weighted by Gasteiger charge is 2.23. The van der Waals surface area contributed by atoms with E-state index in [9.17, 15) is 17.6 Å². The molecule has 2 aromatic carbocycles. The Kier molecular flexibility index (Phi) is 6.89. The van der Waals surface area contributed by atoms with Crippen LogP contribution in [0.3, 0.4) is 0 Å². The van der Waals surface area contributed by atoms with Crippen molar-refractivity contribution in [2.45, 2.75) is 6.92 Å². The second kappa shape index (κ2) is 9.13. The number of nitrogens with one attached hydrogen (secondary N) is 1. The average Bonchev–Trinajstić information content (AvgIpc) is 2.61. The Bertz CT molecular complexity index is 914. The zero-order valence-corrected chi connectivity index (χ0v) is 15.7. The molecule has 0 atom stereocenters. The van der Waals surface area contributed by atoms with Gasteiger partial charge in [0.05, 0.1) is 24.8 Å². The zero-order chi connectivity index (χ0) is 19.9. The number of benzene rings is 2. The highest BCUT2D eigenvalue weighted by atomic mass is 32.2. The molecule has 0 heterocycles. The van der Waals surface area contributed by atoms with Gasteiger partial charge in [0.2, 0.25) is 10.0 Å². The van der Waals surface area contributed by atoms with Gasteiger partial charge in [0.1, 0.15) is 18.1 Å². The number of hydrazone groups is 1. The van der Waals surface area contributed by atoms with Crippen molar-refractivity contribution in [1.29, 1.82) is 0 Å². The molecular weight excluding hydrogens is 373 g/mol. The molecule has 0 aliphatic rings. The van der Waals surface area contributed by atoms with Crippen LogP contribution in [0.25, 0.3) is 0 Å². The van der Waals surface area contributed by atoms with Gasteiger partial charge in [-0.15, -0.1) is 0 Å². The summed E-state index contributed by atoms with van der Waals surface area (Å²) < 4.78 is 43.8. The fourth-order valence-corrected chi connectivity index (χ4v) is 3.05. The summed E-state index contributed by atoms with van der Waals surface area (Å²) in [4.78, 5) is 12.0. The maximum Gasteiger partial charge on any atom is 0.260 e. The molecule has 9 heteroatoms. The minimum Gasteiger partial charge on any atom is -0.494 e. The monoisotopic (exact) mass is 393 g/mol. The molecule has 0 spiro atoms. The van der Waals surface area contributed by atoms with Crippen LogP contribution in [0.1, 0.15) is 12.5 Å². The quantitative estimate of drug-likeness (QED) is 0.550. The topological polar surface area (TPSA) is 88.1 Å². The van der Waals surface area contributed by atoms with Crippen LogP contribution in [0, 0.1) is 5.82 Å². The van der Waals surface area contributed by atoms with Crippen molar-refractivity contribution < 1.29 is 22.3 Å². The van der Waals surface area contributed by atoms with Gasteiger partial charge < -0.3 is 4.74 Å². The lowest BCUT2D eigenvalue weighted by atomic mass is 10.2. The molecule has 2 rings (SSSR count). The van der Waals surface area contributed by atoms with E-state index in [1.807, 2.05) is 6.92 Å². The first-order chi connectivity index (χ1) is 12.8. The summed E-state index contributed by atoms with van der Waals surface area (Å²) in [7, 11) is -3.86. The van der Waals surface area contributed by atoms with E-state index in [1.165, 1.54) is 24.4 Å². The van der Waals surface area contributed by atoms with Gasteiger partial charge in [-0.3, -0.25) is 9.10 Å². The summed E-state index contributed by atoms with van der Waals surface area (Å²) in [6.07, 6.45) is 2.30. The number of hydrogen-bond acceptors (Lipinski definition) is 5. The Labute approximate surface area is 157 Å². The Morgan fingerprint density at radius 3 is 2.48 bits per heavy atom. The number of ether oxygens (including phenoxy) is 1. The van der Waals surface area contributed by atoms with Crippen LogP contribution in [-0.4, -0.2) is 39.9 Å². The molecule has 0 aliphatic heterocycles. The smallest absolute Gasteiger partial charge is 0.260 e. The van der Waals surface area contributed by atoms with Crippen LogP contribution >= 0.6 is 0 Å². The SMILES string of the molecule is CCOc1ccc(/C=N\NC(=O)CN(c2ccccc2F)S(C)(=O)=O)cc1. The molecule has 144 valence electrons. The summed E-state index contributed by atoms with van der Waals surface area (Å²) in [5.74, 6) is -0.730. The van der Waals surface area contributed by atoms with Crippen molar-refractivity contribution in [2.75, 3.05) is 23.7 Å². The van der Waals surface area contributed by atoms with Gasteiger partial charge in [-0.2, -0.15) is 5.10 Å². The predicted octanol–water partition coefficient (Wildman–Crippen LogP) is 2.14. The molecule has 0 bridgehead atoms. The molecule has 0 saturated carbocycles. The number of carbonyl (C=O) groups is 1. The molecule has 0 radical (unpaired) electrons. The van der Waals surface area contributed by atoms with E-state index in [4.69, 9.17) is 4.74 Å². The van der Waals surface area contributed by atoms with Gasteiger partial charge >= 0.3 is 0 Å². The highest BCUT2D eigenvalue weighted by Crippen LogP contribution is 2.20. The normalized spacial score (nSPS) is 11.4. The van der Waals surface area contributed by atoms with E-state index in [2.05, 4.69) is 10.5 Å². The average molecular weight is 393 g/mol. The lowest BCUT2D eigenvalue weighted by Crippen LogP contribution is -2.39.